The Morgan fingerprint density at radius 1 is 1.23 bits per heavy atom. The number of carbonyl (C=O) groups is 1. The number of hydrogen-bond donors (Lipinski definition) is 2. The highest BCUT2D eigenvalue weighted by Gasteiger charge is 2.29. The van der Waals surface area contributed by atoms with Crippen LogP contribution in [0.5, 0.6) is 0 Å². The number of rotatable bonds is 6. The summed E-state index contributed by atoms with van der Waals surface area (Å²) in [5, 5.41) is 3.38. The lowest BCUT2D eigenvalue weighted by Gasteiger charge is -2.08. The Morgan fingerprint density at radius 2 is 2.00 bits per heavy atom. The fraction of sp³-hybridized carbons (Fsp3) is 0.350. The molecule has 1 aliphatic carbocycles. The quantitative estimate of drug-likeness (QED) is 0.591. The van der Waals surface area contributed by atoms with Crippen molar-refractivity contribution in [2.45, 2.75) is 37.7 Å². The molecule has 0 bridgehead atoms. The summed E-state index contributed by atoms with van der Waals surface area (Å²) in [6.45, 7) is 0.152. The van der Waals surface area contributed by atoms with E-state index in [4.69, 9.17) is 0 Å². The smallest absolute Gasteiger partial charge is 0.351 e. The molecule has 1 aromatic carbocycles. The van der Waals surface area contributed by atoms with E-state index in [9.17, 15) is 22.8 Å². The maximum Gasteiger partial charge on any atom is 0.416 e. The van der Waals surface area contributed by atoms with Crippen LogP contribution in [0.2, 0.25) is 0 Å². The van der Waals surface area contributed by atoms with Gasteiger partial charge in [0.05, 0.1) is 22.5 Å². The maximum absolute atomic E-state index is 12.6. The van der Waals surface area contributed by atoms with Gasteiger partial charge < -0.3 is 10.3 Å². The van der Waals surface area contributed by atoms with Gasteiger partial charge in [0.25, 0.3) is 5.56 Å². The molecule has 3 aromatic rings. The van der Waals surface area contributed by atoms with Crippen molar-refractivity contribution in [3.05, 3.63) is 62.0 Å². The van der Waals surface area contributed by atoms with E-state index in [-0.39, 0.29) is 23.8 Å². The van der Waals surface area contributed by atoms with Gasteiger partial charge in [0, 0.05) is 11.4 Å². The highest BCUT2D eigenvalue weighted by Crippen LogP contribution is 2.34. The number of aromatic nitrogens is 2. The molecule has 0 saturated heterocycles. The number of thiophene rings is 1. The number of nitrogens with one attached hydrogen (secondary N) is 2. The second-order valence-corrected chi connectivity index (χ2v) is 9.08. The first-order valence-electron chi connectivity index (χ1n) is 9.35. The Morgan fingerprint density at radius 3 is 2.73 bits per heavy atom. The number of H-pyrrole nitrogens is 1. The van der Waals surface area contributed by atoms with Gasteiger partial charge in [-0.2, -0.15) is 13.2 Å². The van der Waals surface area contributed by atoms with Crippen LogP contribution in [-0.4, -0.2) is 21.6 Å². The zero-order valence-corrected chi connectivity index (χ0v) is 17.4. The van der Waals surface area contributed by atoms with Gasteiger partial charge in [0.15, 0.2) is 0 Å². The molecule has 4 rings (SSSR count). The molecule has 0 aliphatic heterocycles. The van der Waals surface area contributed by atoms with Crippen molar-refractivity contribution in [1.82, 2.24) is 15.3 Å². The number of aryl methyl sites for hydroxylation is 2. The molecule has 2 aromatic heterocycles. The highest BCUT2D eigenvalue weighted by molar-refractivity contribution is 7.99. The van der Waals surface area contributed by atoms with E-state index in [0.717, 1.165) is 41.8 Å². The third-order valence-corrected chi connectivity index (χ3v) is 7.00. The van der Waals surface area contributed by atoms with Gasteiger partial charge in [-0.05, 0) is 42.5 Å². The SMILES string of the molecule is O=C(CSCc1nc2sc3c(c2c(=O)[nH]1)CCC3)NCc1ccc(C(F)(F)F)cc1. The van der Waals surface area contributed by atoms with Gasteiger partial charge >= 0.3 is 6.18 Å². The van der Waals surface area contributed by atoms with Crippen molar-refractivity contribution >= 4 is 39.2 Å². The van der Waals surface area contributed by atoms with Gasteiger partial charge in [-0.1, -0.05) is 12.1 Å². The number of halogens is 3. The summed E-state index contributed by atoms with van der Waals surface area (Å²) in [5.74, 6) is 0.844. The molecule has 5 nitrogen and oxygen atoms in total. The van der Waals surface area contributed by atoms with Crippen LogP contribution in [0.15, 0.2) is 29.1 Å². The van der Waals surface area contributed by atoms with Gasteiger partial charge in [-0.25, -0.2) is 4.98 Å². The zero-order chi connectivity index (χ0) is 21.3. The molecule has 1 amide bonds. The molecule has 0 fully saturated rings. The van der Waals surface area contributed by atoms with Crippen LogP contribution in [0.3, 0.4) is 0 Å². The first-order valence-corrected chi connectivity index (χ1v) is 11.3. The van der Waals surface area contributed by atoms with Crippen molar-refractivity contribution in [2.24, 2.45) is 0 Å². The standard InChI is InChI=1S/C20H18F3N3O2S2/c21-20(22,23)12-6-4-11(5-7-12)8-24-16(27)10-29-9-15-25-18(28)17-13-2-1-3-14(13)30-19(17)26-15/h4-7H,1-3,8-10H2,(H,24,27)(H,25,26,28). The monoisotopic (exact) mass is 453 g/mol. The van der Waals surface area contributed by atoms with Crippen LogP contribution in [0.1, 0.15) is 33.8 Å². The number of amides is 1. The molecule has 0 radical (unpaired) electrons. The number of thioether (sulfide) groups is 1. The van der Waals surface area contributed by atoms with Gasteiger partial charge in [-0.15, -0.1) is 23.1 Å². The van der Waals surface area contributed by atoms with E-state index in [2.05, 4.69) is 15.3 Å². The number of hydrogen-bond acceptors (Lipinski definition) is 5. The average molecular weight is 454 g/mol. The predicted octanol–water partition coefficient (Wildman–Crippen LogP) is 4.04. The fourth-order valence-corrected chi connectivity index (χ4v) is 5.42. The summed E-state index contributed by atoms with van der Waals surface area (Å²) in [6, 6.07) is 4.68. The molecule has 2 heterocycles. The topological polar surface area (TPSA) is 74.8 Å². The first kappa shape index (κ1) is 20.9. The minimum atomic E-state index is -4.38. The van der Waals surface area contributed by atoms with Gasteiger partial charge in [0.2, 0.25) is 5.91 Å². The molecule has 30 heavy (non-hydrogen) atoms. The molecule has 1 aliphatic rings. The summed E-state index contributed by atoms with van der Waals surface area (Å²) in [7, 11) is 0. The molecule has 10 heteroatoms. The van der Waals surface area contributed by atoms with Crippen molar-refractivity contribution in [2.75, 3.05) is 5.75 Å². The summed E-state index contributed by atoms with van der Waals surface area (Å²) in [6.07, 6.45) is -1.37. The lowest BCUT2D eigenvalue weighted by atomic mass is 10.1. The van der Waals surface area contributed by atoms with Crippen molar-refractivity contribution < 1.29 is 18.0 Å². The Labute approximate surface area is 178 Å². The second kappa shape index (κ2) is 8.43. The molecule has 0 atom stereocenters. The number of aromatic amines is 1. The number of benzene rings is 1. The van der Waals surface area contributed by atoms with E-state index < -0.39 is 11.7 Å². The molecule has 2 N–H and O–H groups in total. The zero-order valence-electron chi connectivity index (χ0n) is 15.8. The Hall–Kier alpha value is -2.33. The Balaban J connectivity index is 1.28. The molecule has 0 spiro atoms. The fourth-order valence-electron chi connectivity index (χ4n) is 3.42. The Kier molecular flexibility index (Phi) is 5.88. The number of fused-ring (bicyclic) bond motifs is 3. The van der Waals surface area contributed by atoms with Crippen LogP contribution in [-0.2, 0) is 36.1 Å². The summed E-state index contributed by atoms with van der Waals surface area (Å²) in [5.41, 5.74) is 0.874. The average Bonchev–Trinajstić information content (AvgIpc) is 3.27. The van der Waals surface area contributed by atoms with Crippen LogP contribution in [0.4, 0.5) is 13.2 Å². The van der Waals surface area contributed by atoms with Crippen LogP contribution in [0.25, 0.3) is 10.2 Å². The van der Waals surface area contributed by atoms with E-state index in [0.29, 0.717) is 22.5 Å². The van der Waals surface area contributed by atoms with Crippen molar-refractivity contribution in [1.29, 1.82) is 0 Å². The van der Waals surface area contributed by atoms with Gasteiger partial charge in [0.1, 0.15) is 10.7 Å². The van der Waals surface area contributed by atoms with Crippen molar-refractivity contribution in [3.8, 4) is 0 Å². The van der Waals surface area contributed by atoms with Crippen molar-refractivity contribution in [3.63, 3.8) is 0 Å². The lowest BCUT2D eigenvalue weighted by Crippen LogP contribution is -2.24. The van der Waals surface area contributed by atoms with Crippen LogP contribution in [0, 0.1) is 0 Å². The summed E-state index contributed by atoms with van der Waals surface area (Å²) >= 11 is 2.89. The molecular weight excluding hydrogens is 435 g/mol. The number of carbonyl (C=O) groups excluding carboxylic acids is 1. The van der Waals surface area contributed by atoms with Crippen LogP contribution >= 0.6 is 23.1 Å². The lowest BCUT2D eigenvalue weighted by molar-refractivity contribution is -0.137. The third kappa shape index (κ3) is 4.54. The van der Waals surface area contributed by atoms with E-state index in [1.54, 1.807) is 11.3 Å². The van der Waals surface area contributed by atoms with E-state index in [1.165, 1.54) is 28.8 Å². The van der Waals surface area contributed by atoms with E-state index in [1.807, 2.05) is 0 Å². The molecule has 0 unspecified atom stereocenters. The normalized spacial score (nSPS) is 13.6. The Bertz CT molecular complexity index is 1140. The second-order valence-electron chi connectivity index (χ2n) is 7.01. The minimum absolute atomic E-state index is 0.123. The van der Waals surface area contributed by atoms with E-state index >= 15 is 0 Å². The summed E-state index contributed by atoms with van der Waals surface area (Å²) < 4.78 is 37.7. The minimum Gasteiger partial charge on any atom is -0.351 e. The maximum atomic E-state index is 12.6. The number of nitrogens with zero attached hydrogens (tertiary/aromatic N) is 1. The van der Waals surface area contributed by atoms with Gasteiger partial charge in [-0.3, -0.25) is 9.59 Å². The molecule has 0 saturated carbocycles. The number of alkyl halides is 3. The first-order chi connectivity index (χ1) is 14.3. The summed E-state index contributed by atoms with van der Waals surface area (Å²) in [4.78, 5) is 33.8. The predicted molar refractivity (Wildman–Crippen MR) is 112 cm³/mol. The van der Waals surface area contributed by atoms with Crippen LogP contribution < -0.4 is 10.9 Å². The molecular formula is C20H18F3N3O2S2. The molecule has 158 valence electrons. The third-order valence-electron chi connectivity index (χ3n) is 4.87. The largest absolute Gasteiger partial charge is 0.416 e. The highest BCUT2D eigenvalue weighted by atomic mass is 32.2.